The van der Waals surface area contributed by atoms with Crippen molar-refractivity contribution in [3.8, 4) is 40.1 Å². The second kappa shape index (κ2) is 12.1. The first kappa shape index (κ1) is 28.6. The fourth-order valence-corrected chi connectivity index (χ4v) is 6.26. The number of hydrogen-bond acceptors (Lipinski definition) is 6. The smallest absolute Gasteiger partial charge is 0.157 e. The van der Waals surface area contributed by atoms with E-state index in [9.17, 15) is 10.5 Å². The van der Waals surface area contributed by atoms with Gasteiger partial charge in [-0.15, -0.1) is 0 Å². The molecule has 6 aromatic rings. The lowest BCUT2D eigenvalue weighted by Gasteiger charge is -2.24. The third-order valence-electron chi connectivity index (χ3n) is 8.54. The molecule has 0 aliphatic carbocycles. The number of anilines is 2. The standard InChI is InChI=1S/C42H27N5O/c43-25-27-20-28(26-44)22-33(21-27)42-46-39(29-10-3-1-4-11-29)41-40(47-42)36-24-31(18-19-38(36)48-41)30-12-9-13-32(23-30)35-16-7-8-17-37(35)45-34-14-5-2-6-15-34/h1-24,40,45H,(H,46,47). The van der Waals surface area contributed by atoms with Gasteiger partial charge in [0.05, 0.1) is 23.3 Å². The van der Waals surface area contributed by atoms with E-state index in [0.717, 1.165) is 50.5 Å². The minimum atomic E-state index is -0.321. The van der Waals surface area contributed by atoms with Gasteiger partial charge in [0.1, 0.15) is 23.3 Å². The van der Waals surface area contributed by atoms with E-state index in [1.165, 1.54) is 0 Å². The zero-order chi connectivity index (χ0) is 32.5. The summed E-state index contributed by atoms with van der Waals surface area (Å²) in [5.74, 6) is 2.04. The molecule has 6 nitrogen and oxygen atoms in total. The van der Waals surface area contributed by atoms with Gasteiger partial charge in [-0.3, -0.25) is 0 Å². The Morgan fingerprint density at radius 1 is 0.604 bits per heavy atom. The molecule has 1 unspecified atom stereocenters. The van der Waals surface area contributed by atoms with Crippen molar-refractivity contribution in [2.24, 2.45) is 4.99 Å². The lowest BCUT2D eigenvalue weighted by atomic mass is 9.94. The minimum absolute atomic E-state index is 0.321. The van der Waals surface area contributed by atoms with Crippen LogP contribution in [0.25, 0.3) is 28.0 Å². The van der Waals surface area contributed by atoms with Gasteiger partial charge in [-0.2, -0.15) is 10.5 Å². The third kappa shape index (κ3) is 5.34. The molecule has 2 heterocycles. The number of amidine groups is 1. The molecule has 48 heavy (non-hydrogen) atoms. The van der Waals surface area contributed by atoms with Crippen LogP contribution in [0.5, 0.6) is 5.75 Å². The van der Waals surface area contributed by atoms with E-state index in [0.29, 0.717) is 34.0 Å². The molecule has 1 atom stereocenters. The Morgan fingerprint density at radius 2 is 1.27 bits per heavy atom. The first-order valence-electron chi connectivity index (χ1n) is 15.6. The predicted molar refractivity (Wildman–Crippen MR) is 189 cm³/mol. The molecular formula is C42H27N5O. The predicted octanol–water partition coefficient (Wildman–Crippen LogP) is 9.36. The molecule has 0 spiro atoms. The second-order valence-corrected chi connectivity index (χ2v) is 11.6. The van der Waals surface area contributed by atoms with Gasteiger partial charge < -0.3 is 15.4 Å². The first-order valence-corrected chi connectivity index (χ1v) is 15.6. The average molecular weight is 618 g/mol. The van der Waals surface area contributed by atoms with Crippen LogP contribution in [-0.4, -0.2) is 5.84 Å². The van der Waals surface area contributed by atoms with Gasteiger partial charge in [0.15, 0.2) is 5.76 Å². The zero-order valence-corrected chi connectivity index (χ0v) is 25.7. The van der Waals surface area contributed by atoms with Crippen molar-refractivity contribution in [2.75, 3.05) is 5.32 Å². The van der Waals surface area contributed by atoms with Crippen molar-refractivity contribution in [1.82, 2.24) is 5.32 Å². The normalized spacial score (nSPS) is 14.4. The lowest BCUT2D eigenvalue weighted by Crippen LogP contribution is -2.33. The molecule has 0 amide bonds. The fourth-order valence-electron chi connectivity index (χ4n) is 6.26. The van der Waals surface area contributed by atoms with E-state index < -0.39 is 0 Å². The maximum Gasteiger partial charge on any atom is 0.157 e. The SMILES string of the molecule is N#Cc1cc(C#N)cc(C2=NC(c3ccccc3)=C3Oc4ccc(-c5cccc(-c6ccccc6Nc6ccccc6)c5)cc4C3N2)c1. The lowest BCUT2D eigenvalue weighted by molar-refractivity contribution is 0.420. The van der Waals surface area contributed by atoms with Crippen LogP contribution >= 0.6 is 0 Å². The molecule has 0 fully saturated rings. The highest BCUT2D eigenvalue weighted by atomic mass is 16.5. The number of rotatable bonds is 6. The van der Waals surface area contributed by atoms with Crippen LogP contribution in [0.2, 0.25) is 0 Å². The summed E-state index contributed by atoms with van der Waals surface area (Å²) in [6, 6.07) is 52.4. The summed E-state index contributed by atoms with van der Waals surface area (Å²) in [7, 11) is 0. The van der Waals surface area contributed by atoms with Crippen molar-refractivity contribution in [1.29, 1.82) is 10.5 Å². The molecule has 2 aliphatic rings. The maximum atomic E-state index is 9.65. The molecule has 0 radical (unpaired) electrons. The Bertz CT molecular complexity index is 2310. The molecule has 6 aromatic carbocycles. The number of benzene rings is 6. The molecule has 0 saturated heterocycles. The Hall–Kier alpha value is -6.89. The number of aliphatic imine (C=N–C) groups is 1. The van der Waals surface area contributed by atoms with Gasteiger partial charge in [0.2, 0.25) is 0 Å². The zero-order valence-electron chi connectivity index (χ0n) is 25.7. The topological polar surface area (TPSA) is 93.2 Å². The Morgan fingerprint density at radius 3 is 2.04 bits per heavy atom. The number of ether oxygens (including phenoxy) is 1. The first-order chi connectivity index (χ1) is 23.7. The number of fused-ring (bicyclic) bond motifs is 3. The fraction of sp³-hybridized carbons (Fsp3) is 0.0238. The molecular weight excluding hydrogens is 590 g/mol. The van der Waals surface area contributed by atoms with Gasteiger partial charge in [0, 0.05) is 33.6 Å². The number of nitrogens with zero attached hydrogens (tertiary/aromatic N) is 3. The Labute approximate surface area is 278 Å². The van der Waals surface area contributed by atoms with Crippen molar-refractivity contribution in [3.63, 3.8) is 0 Å². The van der Waals surface area contributed by atoms with Crippen LogP contribution < -0.4 is 15.4 Å². The van der Waals surface area contributed by atoms with Crippen LogP contribution in [0.1, 0.15) is 33.9 Å². The van der Waals surface area contributed by atoms with Crippen molar-refractivity contribution in [2.45, 2.75) is 6.04 Å². The van der Waals surface area contributed by atoms with Crippen LogP contribution in [0, 0.1) is 22.7 Å². The summed E-state index contributed by atoms with van der Waals surface area (Å²) < 4.78 is 6.51. The number of para-hydroxylation sites is 2. The number of nitrogens with one attached hydrogen (secondary N) is 2. The Kier molecular flexibility index (Phi) is 7.22. The quantitative estimate of drug-likeness (QED) is 0.194. The summed E-state index contributed by atoms with van der Waals surface area (Å²) >= 11 is 0. The molecule has 226 valence electrons. The van der Waals surface area contributed by atoms with Gasteiger partial charge in [-0.1, -0.05) is 91.0 Å². The molecule has 0 saturated carbocycles. The van der Waals surface area contributed by atoms with E-state index in [4.69, 9.17) is 9.73 Å². The number of hydrogen-bond donors (Lipinski definition) is 2. The van der Waals surface area contributed by atoms with Crippen molar-refractivity contribution < 1.29 is 4.74 Å². The van der Waals surface area contributed by atoms with E-state index in [2.05, 4.69) is 89.5 Å². The summed E-state index contributed by atoms with van der Waals surface area (Å²) in [5, 5.41) is 26.4. The van der Waals surface area contributed by atoms with E-state index in [1.54, 1.807) is 18.2 Å². The highest BCUT2D eigenvalue weighted by molar-refractivity contribution is 6.04. The molecule has 0 aromatic heterocycles. The summed E-state index contributed by atoms with van der Waals surface area (Å²) in [6.07, 6.45) is 0. The highest BCUT2D eigenvalue weighted by Gasteiger charge is 2.37. The van der Waals surface area contributed by atoms with E-state index in [1.807, 2.05) is 60.7 Å². The third-order valence-corrected chi connectivity index (χ3v) is 8.54. The summed E-state index contributed by atoms with van der Waals surface area (Å²) in [5.41, 5.74) is 10.5. The van der Waals surface area contributed by atoms with Crippen LogP contribution in [0.3, 0.4) is 0 Å². The maximum absolute atomic E-state index is 9.65. The van der Waals surface area contributed by atoms with Crippen molar-refractivity contribution in [3.05, 3.63) is 179 Å². The van der Waals surface area contributed by atoms with Crippen LogP contribution in [0.4, 0.5) is 11.4 Å². The van der Waals surface area contributed by atoms with Gasteiger partial charge in [-0.25, -0.2) is 4.99 Å². The Balaban J connectivity index is 1.18. The molecule has 6 heteroatoms. The largest absolute Gasteiger partial charge is 0.456 e. The van der Waals surface area contributed by atoms with Gasteiger partial charge in [0.25, 0.3) is 0 Å². The molecule has 0 bridgehead atoms. The average Bonchev–Trinajstić information content (AvgIpc) is 3.53. The molecule has 8 rings (SSSR count). The monoisotopic (exact) mass is 617 g/mol. The molecule has 2 aliphatic heterocycles. The minimum Gasteiger partial charge on any atom is -0.456 e. The van der Waals surface area contributed by atoms with Crippen LogP contribution in [0.15, 0.2) is 156 Å². The van der Waals surface area contributed by atoms with E-state index in [-0.39, 0.29) is 6.04 Å². The highest BCUT2D eigenvalue weighted by Crippen LogP contribution is 2.46. The van der Waals surface area contributed by atoms with Gasteiger partial charge >= 0.3 is 0 Å². The number of nitriles is 2. The van der Waals surface area contributed by atoms with Crippen LogP contribution in [-0.2, 0) is 0 Å². The van der Waals surface area contributed by atoms with Gasteiger partial charge in [-0.05, 0) is 71.3 Å². The van der Waals surface area contributed by atoms with E-state index >= 15 is 0 Å². The summed E-state index contributed by atoms with van der Waals surface area (Å²) in [6.45, 7) is 0. The molecule has 2 N–H and O–H groups in total. The second-order valence-electron chi connectivity index (χ2n) is 11.6. The summed E-state index contributed by atoms with van der Waals surface area (Å²) in [4.78, 5) is 5.00. The van der Waals surface area contributed by atoms with Crippen molar-refractivity contribution >= 4 is 22.9 Å².